The van der Waals surface area contributed by atoms with E-state index in [0.29, 0.717) is 0 Å². The molecule has 0 N–H and O–H groups in total. The Kier molecular flexibility index (Phi) is 12.1. The molecule has 0 fully saturated rings. The van der Waals surface area contributed by atoms with Gasteiger partial charge in [0.15, 0.2) is 16.6 Å². The van der Waals surface area contributed by atoms with Crippen LogP contribution < -0.4 is 0 Å². The monoisotopic (exact) mass is 480 g/mol. The van der Waals surface area contributed by atoms with Gasteiger partial charge in [0.05, 0.1) is 0 Å². The minimum atomic E-state index is -3.74. The second-order valence-corrected chi connectivity index (χ2v) is 23.0. The molecule has 0 radical (unpaired) electrons. The molecule has 12 heteroatoms. The summed E-state index contributed by atoms with van der Waals surface area (Å²) in [6, 6.07) is 0. The molecule has 0 unspecified atom stereocenters. The smallest absolute Gasteiger partial charge is 0.452 e. The lowest BCUT2D eigenvalue weighted by Gasteiger charge is -2.36. The van der Waals surface area contributed by atoms with Crippen LogP contribution in [0.25, 0.3) is 0 Å². The summed E-state index contributed by atoms with van der Waals surface area (Å²) in [6.45, 7) is 25.7. The third-order valence-corrected chi connectivity index (χ3v) is 13.6. The summed E-state index contributed by atoms with van der Waals surface area (Å²) >= 11 is 0. The highest BCUT2D eigenvalue weighted by Crippen LogP contribution is 2.21. The summed E-state index contributed by atoms with van der Waals surface area (Å²) in [5.41, 5.74) is 2.95. The molecule has 0 saturated carbocycles. The van der Waals surface area contributed by atoms with Gasteiger partial charge in [0, 0.05) is 26.5 Å². The molecule has 29 heavy (non-hydrogen) atoms. The SMILES string of the molecule is C=C[Si](C)(O[Si](C)(C)C)O[Si](C)(C)C.C=C[Si](OC(C)=O)(OC(C)=O)OC(C)=O. The molecule has 0 bridgehead atoms. The van der Waals surface area contributed by atoms with Crippen molar-refractivity contribution in [1.82, 2.24) is 0 Å². The molecule has 0 saturated heterocycles. The van der Waals surface area contributed by atoms with Crippen LogP contribution in [0.2, 0.25) is 45.8 Å². The Balaban J connectivity index is 0. The Hall–Kier alpha value is -1.32. The lowest BCUT2D eigenvalue weighted by atomic mass is 10.9. The Morgan fingerprint density at radius 2 is 0.897 bits per heavy atom. The summed E-state index contributed by atoms with van der Waals surface area (Å²) in [5, 5.41) is 0. The summed E-state index contributed by atoms with van der Waals surface area (Å²) in [5.74, 6) is -2.16. The molecule has 168 valence electrons. The normalized spacial score (nSPS) is 12.1. The van der Waals surface area contributed by atoms with Crippen molar-refractivity contribution in [1.29, 1.82) is 0 Å². The Bertz CT molecular complexity index is 551. The van der Waals surface area contributed by atoms with Gasteiger partial charge in [-0.05, 0) is 45.8 Å². The fourth-order valence-electron chi connectivity index (χ4n) is 2.11. The maximum atomic E-state index is 10.8. The lowest BCUT2D eigenvalue weighted by Crippen LogP contribution is -2.51. The van der Waals surface area contributed by atoms with Crippen LogP contribution in [0.1, 0.15) is 20.8 Å². The number of rotatable bonds is 9. The minimum Gasteiger partial charge on any atom is -0.452 e. The number of carbonyl (C=O) groups is 3. The second kappa shape index (κ2) is 11.8. The van der Waals surface area contributed by atoms with Crippen molar-refractivity contribution in [2.75, 3.05) is 0 Å². The first kappa shape index (κ1) is 29.9. The van der Waals surface area contributed by atoms with E-state index in [0.717, 1.165) is 26.5 Å². The fourth-order valence-corrected chi connectivity index (χ4v) is 14.6. The molecule has 0 aliphatic rings. The van der Waals surface area contributed by atoms with Gasteiger partial charge in [-0.1, -0.05) is 12.3 Å². The van der Waals surface area contributed by atoms with Gasteiger partial charge in [0.2, 0.25) is 0 Å². The third-order valence-electron chi connectivity index (χ3n) is 2.50. The molecule has 0 rings (SSSR count). The number of carbonyl (C=O) groups excluding carboxylic acids is 3. The lowest BCUT2D eigenvalue weighted by molar-refractivity contribution is -0.146. The van der Waals surface area contributed by atoms with E-state index in [1.54, 1.807) is 0 Å². The van der Waals surface area contributed by atoms with E-state index >= 15 is 0 Å². The number of hydrogen-bond acceptors (Lipinski definition) is 8. The van der Waals surface area contributed by atoms with Crippen molar-refractivity contribution in [2.45, 2.75) is 66.6 Å². The van der Waals surface area contributed by atoms with Crippen LogP contribution in [0.15, 0.2) is 24.6 Å². The van der Waals surface area contributed by atoms with Gasteiger partial charge in [-0.25, -0.2) is 0 Å². The molecule has 0 aromatic heterocycles. The first-order valence-electron chi connectivity index (χ1n) is 9.05. The molecule has 0 aliphatic carbocycles. The molecule has 0 atom stereocenters. The van der Waals surface area contributed by atoms with Crippen LogP contribution in [0.3, 0.4) is 0 Å². The highest BCUT2D eigenvalue weighted by Gasteiger charge is 2.48. The first-order valence-corrected chi connectivity index (χ1v) is 20.1. The Morgan fingerprint density at radius 3 is 1.03 bits per heavy atom. The van der Waals surface area contributed by atoms with Crippen LogP contribution in [0, 0.1) is 0 Å². The van der Waals surface area contributed by atoms with Gasteiger partial charge >= 0.3 is 17.4 Å². The molecule has 8 nitrogen and oxygen atoms in total. The molecule has 0 heterocycles. The van der Waals surface area contributed by atoms with Crippen LogP contribution in [0.5, 0.6) is 0 Å². The summed E-state index contributed by atoms with van der Waals surface area (Å²) in [6.07, 6.45) is 0. The van der Waals surface area contributed by atoms with E-state index in [4.69, 9.17) is 21.5 Å². The van der Waals surface area contributed by atoms with Crippen molar-refractivity contribution in [3.63, 3.8) is 0 Å². The second-order valence-electron chi connectivity index (χ2n) is 8.24. The van der Waals surface area contributed by atoms with Gasteiger partial charge in [-0.15, -0.1) is 6.58 Å². The zero-order chi connectivity index (χ0) is 23.7. The van der Waals surface area contributed by atoms with Gasteiger partial charge in [0.1, 0.15) is 0 Å². The first-order chi connectivity index (χ1) is 12.8. The van der Waals surface area contributed by atoms with E-state index < -0.39 is 51.9 Å². The van der Waals surface area contributed by atoms with E-state index in [1.165, 1.54) is 0 Å². The average Bonchev–Trinajstić information content (AvgIpc) is 2.41. The minimum absolute atomic E-state index is 0.718. The summed E-state index contributed by atoms with van der Waals surface area (Å²) in [4.78, 5) is 32.3. The predicted molar refractivity (Wildman–Crippen MR) is 122 cm³/mol. The van der Waals surface area contributed by atoms with Crippen molar-refractivity contribution < 1.29 is 35.9 Å². The zero-order valence-corrected chi connectivity index (χ0v) is 23.3. The van der Waals surface area contributed by atoms with Crippen molar-refractivity contribution in [2.24, 2.45) is 0 Å². The Labute approximate surface area is 179 Å². The molecule has 0 aromatic carbocycles. The predicted octanol–water partition coefficient (Wildman–Crippen LogP) is 3.83. The topological polar surface area (TPSA) is 97.4 Å². The highest BCUT2D eigenvalue weighted by atomic mass is 28.5. The number of hydrogen-bond donors (Lipinski definition) is 0. The van der Waals surface area contributed by atoms with Crippen molar-refractivity contribution >= 4 is 51.9 Å². The maximum Gasteiger partial charge on any atom is 0.734 e. The van der Waals surface area contributed by atoms with E-state index in [9.17, 15) is 14.4 Å². The molecular formula is C17H36O8Si4. The zero-order valence-electron chi connectivity index (χ0n) is 19.3. The summed E-state index contributed by atoms with van der Waals surface area (Å²) < 4.78 is 26.4. The van der Waals surface area contributed by atoms with E-state index in [1.807, 2.05) is 5.70 Å². The van der Waals surface area contributed by atoms with Gasteiger partial charge < -0.3 is 21.5 Å². The fraction of sp³-hybridized carbons (Fsp3) is 0.588. The quantitative estimate of drug-likeness (QED) is 0.459. The molecule has 0 aliphatic heterocycles. The average molecular weight is 481 g/mol. The summed E-state index contributed by atoms with van der Waals surface area (Å²) in [7, 11) is -8.90. The van der Waals surface area contributed by atoms with Crippen LogP contribution >= 0.6 is 0 Å². The van der Waals surface area contributed by atoms with Gasteiger partial charge in [-0.3, -0.25) is 14.4 Å². The largest absolute Gasteiger partial charge is 0.734 e. The van der Waals surface area contributed by atoms with Crippen LogP contribution in [0.4, 0.5) is 0 Å². The highest BCUT2D eigenvalue weighted by molar-refractivity contribution is 6.89. The molecule has 0 spiro atoms. The van der Waals surface area contributed by atoms with Crippen molar-refractivity contribution in [3.05, 3.63) is 24.6 Å². The van der Waals surface area contributed by atoms with Crippen LogP contribution in [-0.2, 0) is 35.9 Å². The van der Waals surface area contributed by atoms with E-state index in [2.05, 4.69) is 59.0 Å². The standard InChI is InChI=1S/C9H24O2Si3.C8H12O6Si/c1-9-14(8,10-12(2,3)4)11-13(5,6)7;1-5-15(12-6(2)9,13-7(3)10)14-8(4)11/h9H,1H2,2-8H3;5H,1H2,2-4H3. The maximum absolute atomic E-state index is 10.8. The van der Waals surface area contributed by atoms with Gasteiger partial charge in [-0.2, -0.15) is 0 Å². The Morgan fingerprint density at radius 1 is 0.621 bits per heavy atom. The van der Waals surface area contributed by atoms with E-state index in [-0.39, 0.29) is 0 Å². The third kappa shape index (κ3) is 16.2. The molecule has 0 aromatic rings. The molecular weight excluding hydrogens is 445 g/mol. The van der Waals surface area contributed by atoms with Gasteiger partial charge in [0.25, 0.3) is 17.9 Å². The van der Waals surface area contributed by atoms with Crippen LogP contribution in [-0.4, -0.2) is 51.9 Å². The molecule has 0 amide bonds. The van der Waals surface area contributed by atoms with Crippen molar-refractivity contribution in [3.8, 4) is 0 Å².